The molecule has 0 amide bonds. The number of ether oxygens (including phenoxy) is 1. The van der Waals surface area contributed by atoms with Gasteiger partial charge in [0.1, 0.15) is 29.5 Å². The van der Waals surface area contributed by atoms with Gasteiger partial charge in [0.25, 0.3) is 5.69 Å². The number of rotatable bonds is 20. The van der Waals surface area contributed by atoms with E-state index in [1.165, 1.54) is 42.6 Å². The average molecular weight is 1070 g/mol. The van der Waals surface area contributed by atoms with E-state index < -0.39 is 65.1 Å². The SMILES string of the molecule is CCN=c1ccc2c(-c3cc(C(=O)CCC#Cc4ccc(CNc5ccn([C@H]6C[C@@H](O)[C@@H](COP(=O)(O)OP(=O)(O)OP(=O)(O)O)O6)c(=O)n5)c([N+](=O)[O-])c4)ccc3C(=O)O)c3ccc(CNC)cc3oc-2c1. The van der Waals surface area contributed by atoms with Gasteiger partial charge in [-0.2, -0.15) is 13.6 Å². The van der Waals surface area contributed by atoms with Crippen LogP contribution in [0.4, 0.5) is 11.5 Å². The van der Waals surface area contributed by atoms with Gasteiger partial charge >= 0.3 is 35.1 Å². The van der Waals surface area contributed by atoms with Gasteiger partial charge in [0.05, 0.1) is 28.6 Å². The highest BCUT2D eigenvalue weighted by molar-refractivity contribution is 7.66. The minimum absolute atomic E-state index is 0.00589. The highest BCUT2D eigenvalue weighted by Crippen LogP contribution is 2.66. The molecule has 3 aliphatic rings. The minimum Gasteiger partial charge on any atom is -0.478 e. The van der Waals surface area contributed by atoms with Crippen LogP contribution >= 0.6 is 23.5 Å². The van der Waals surface area contributed by atoms with Crippen molar-refractivity contribution < 1.29 is 80.3 Å². The van der Waals surface area contributed by atoms with Gasteiger partial charge in [-0.15, -0.1) is 0 Å². The fraction of sp³-hybridized carbons (Fsp3) is 0.267. The molecule has 73 heavy (non-hydrogen) atoms. The number of nitrogens with one attached hydrogen (secondary N) is 2. The van der Waals surface area contributed by atoms with Crippen LogP contribution in [-0.2, 0) is 44.7 Å². The molecular formula is C45H45N6O19P3. The van der Waals surface area contributed by atoms with E-state index in [-0.39, 0.29) is 65.3 Å². The molecule has 3 heterocycles. The van der Waals surface area contributed by atoms with E-state index >= 15 is 0 Å². The number of carboxylic acid groups (broad SMARTS) is 1. The number of fused-ring (bicyclic) bond motifs is 2. The van der Waals surface area contributed by atoms with Crippen LogP contribution in [0, 0.1) is 22.0 Å². The first-order chi connectivity index (χ1) is 34.5. The quantitative estimate of drug-likeness (QED) is 0.0115. The molecule has 2 aliphatic heterocycles. The highest BCUT2D eigenvalue weighted by Gasteiger charge is 2.43. The summed E-state index contributed by atoms with van der Waals surface area (Å²) in [5.41, 5.74) is 2.45. The lowest BCUT2D eigenvalue weighted by atomic mass is 9.88. The monoisotopic (exact) mass is 1070 g/mol. The van der Waals surface area contributed by atoms with Crippen molar-refractivity contribution in [2.75, 3.05) is 25.5 Å². The molecule has 4 aromatic rings. The molecule has 3 aromatic carbocycles. The van der Waals surface area contributed by atoms with Gasteiger partial charge in [0.15, 0.2) is 5.78 Å². The Morgan fingerprint density at radius 2 is 1.75 bits per heavy atom. The molecule has 1 fully saturated rings. The van der Waals surface area contributed by atoms with E-state index in [9.17, 15) is 58.2 Å². The van der Waals surface area contributed by atoms with Gasteiger partial charge in [0, 0.05) is 90.4 Å². The number of phosphoric acid groups is 3. The second-order valence-electron chi connectivity index (χ2n) is 16.1. The molecule has 1 aromatic heterocycles. The number of aliphatic hydroxyl groups excluding tert-OH is 1. The van der Waals surface area contributed by atoms with Crippen molar-refractivity contribution >= 4 is 57.7 Å². The van der Waals surface area contributed by atoms with Crippen molar-refractivity contribution in [3.05, 3.63) is 139 Å². The summed E-state index contributed by atoms with van der Waals surface area (Å²) in [6, 6.07) is 21.0. The lowest BCUT2D eigenvalue weighted by Crippen LogP contribution is -2.28. The molecule has 28 heteroatoms. The summed E-state index contributed by atoms with van der Waals surface area (Å²) in [6.45, 7) is 1.88. The maximum Gasteiger partial charge on any atom is 0.490 e. The molecule has 25 nitrogen and oxygen atoms in total. The normalized spacial score (nSPS) is 17.7. The maximum absolute atomic E-state index is 13.7. The summed E-state index contributed by atoms with van der Waals surface area (Å²) in [5, 5.41) is 40.2. The van der Waals surface area contributed by atoms with Crippen LogP contribution in [0.2, 0.25) is 0 Å². The predicted molar refractivity (Wildman–Crippen MR) is 258 cm³/mol. The molecule has 2 unspecified atom stereocenters. The average Bonchev–Trinajstić information content (AvgIpc) is 3.69. The van der Waals surface area contributed by atoms with Crippen molar-refractivity contribution in [1.82, 2.24) is 14.9 Å². The predicted octanol–water partition coefficient (Wildman–Crippen LogP) is 5.63. The Balaban J connectivity index is 1.000. The number of ketones is 1. The molecule has 8 N–H and O–H groups in total. The van der Waals surface area contributed by atoms with Crippen LogP contribution in [0.1, 0.15) is 69.8 Å². The molecular weight excluding hydrogens is 1020 g/mol. The number of carbonyl (C=O) groups excluding carboxylic acids is 1. The summed E-state index contributed by atoms with van der Waals surface area (Å²) >= 11 is 0. The Kier molecular flexibility index (Phi) is 16.8. The Bertz CT molecular complexity index is 3440. The Morgan fingerprint density at radius 1 is 0.973 bits per heavy atom. The smallest absolute Gasteiger partial charge is 0.478 e. The molecule has 0 radical (unpaired) electrons. The number of carboxylic acids is 1. The number of hydrogen-bond donors (Lipinski definition) is 8. The van der Waals surface area contributed by atoms with Crippen LogP contribution in [-0.4, -0.2) is 88.4 Å². The zero-order valence-corrected chi connectivity index (χ0v) is 41.1. The van der Waals surface area contributed by atoms with Crippen molar-refractivity contribution in [3.63, 3.8) is 0 Å². The largest absolute Gasteiger partial charge is 0.490 e. The van der Waals surface area contributed by atoms with Crippen molar-refractivity contribution in [1.29, 1.82) is 0 Å². The molecule has 5 atom stereocenters. The van der Waals surface area contributed by atoms with Gasteiger partial charge in [-0.3, -0.25) is 29.0 Å². The lowest BCUT2D eigenvalue weighted by Gasteiger charge is -2.19. The van der Waals surface area contributed by atoms with Crippen molar-refractivity contribution in [3.8, 4) is 34.3 Å². The van der Waals surface area contributed by atoms with E-state index in [0.717, 1.165) is 10.1 Å². The number of phosphoric ester groups is 1. The lowest BCUT2D eigenvalue weighted by molar-refractivity contribution is -0.385. The topological polar surface area (TPSA) is 371 Å². The van der Waals surface area contributed by atoms with Gasteiger partial charge in [-0.05, 0) is 73.6 Å². The molecule has 1 saturated heterocycles. The van der Waals surface area contributed by atoms with E-state index in [2.05, 4.69) is 45.6 Å². The number of Topliss-reactive ketones (excluding diaryl/α,β-unsaturated/α-hetero) is 1. The number of hydrogen-bond acceptors (Lipinski definition) is 18. The molecule has 1 aliphatic carbocycles. The van der Waals surface area contributed by atoms with E-state index in [4.69, 9.17) is 18.9 Å². The Morgan fingerprint density at radius 3 is 2.45 bits per heavy atom. The number of carbonyl (C=O) groups is 2. The van der Waals surface area contributed by atoms with Gasteiger partial charge in [0.2, 0.25) is 0 Å². The first-order valence-corrected chi connectivity index (χ1v) is 26.3. The maximum atomic E-state index is 13.7. The standard InChI is InChI=1S/C45H45N6O19P3/c1-3-47-30-12-15-33-39(21-30)67-38-19-27(23-46-2)9-13-32(38)43(33)34-20-28(11-14-31(34)44(54)55)36(52)7-5-4-6-26-8-10-29(35(18-26)51(57)58)24-48-41-16-17-50(45(56)49-41)42-22-37(53)40(68-42)25-66-72(62,63)70-73(64,65)69-71(59,60)61/h8-21,37,40,42,46,53H,3,5,7,22-25H2,1-2H3,(H,54,55)(H,62,63)(H,64,65)(H,48,49,56)(H2,59,60,61)/t37-,40-,42-/m1/s1. The number of aromatic carboxylic acids is 1. The summed E-state index contributed by atoms with van der Waals surface area (Å²) in [4.78, 5) is 95.6. The number of anilines is 1. The highest BCUT2D eigenvalue weighted by atomic mass is 31.3. The second kappa shape index (κ2) is 22.7. The summed E-state index contributed by atoms with van der Waals surface area (Å²) in [7, 11) is -15.1. The molecule has 0 bridgehead atoms. The van der Waals surface area contributed by atoms with Crippen molar-refractivity contribution in [2.45, 2.75) is 57.7 Å². The fourth-order valence-corrected chi connectivity index (χ4v) is 10.8. The van der Waals surface area contributed by atoms with Gasteiger partial charge < -0.3 is 49.6 Å². The van der Waals surface area contributed by atoms with Crippen LogP contribution < -0.4 is 21.7 Å². The van der Waals surface area contributed by atoms with Crippen LogP contribution in [0.3, 0.4) is 0 Å². The Labute approximate surface area is 413 Å². The number of nitro groups is 1. The van der Waals surface area contributed by atoms with Crippen LogP contribution in [0.5, 0.6) is 0 Å². The van der Waals surface area contributed by atoms with Gasteiger partial charge in [-0.25, -0.2) is 23.3 Å². The summed E-state index contributed by atoms with van der Waals surface area (Å²) in [6.07, 6.45) is -3.07. The third-order valence-corrected chi connectivity index (χ3v) is 14.7. The summed E-state index contributed by atoms with van der Waals surface area (Å²) in [5.74, 6) is 4.70. The Hall–Kier alpha value is -6.58. The second-order valence-corrected chi connectivity index (χ2v) is 20.5. The third-order valence-electron chi connectivity index (χ3n) is 10.9. The number of nitrogens with zero attached hydrogens (tertiary/aromatic N) is 4. The minimum atomic E-state index is -5.79. The number of nitro benzene ring substituents is 1. The van der Waals surface area contributed by atoms with Gasteiger partial charge in [-0.1, -0.05) is 30.0 Å². The summed E-state index contributed by atoms with van der Waals surface area (Å²) < 4.78 is 59.2. The molecule has 0 spiro atoms. The van der Waals surface area contributed by atoms with E-state index in [1.807, 2.05) is 44.3 Å². The molecule has 7 rings (SSSR count). The third kappa shape index (κ3) is 13.7. The zero-order valence-electron chi connectivity index (χ0n) is 38.4. The number of aromatic nitrogens is 2. The molecule has 384 valence electrons. The van der Waals surface area contributed by atoms with Crippen LogP contribution in [0.25, 0.3) is 33.4 Å². The van der Waals surface area contributed by atoms with E-state index in [0.29, 0.717) is 51.9 Å². The van der Waals surface area contributed by atoms with E-state index in [1.54, 1.807) is 12.1 Å². The van der Waals surface area contributed by atoms with Crippen LogP contribution in [0.15, 0.2) is 99.3 Å². The number of aliphatic hydroxyl groups is 1. The molecule has 0 saturated carbocycles. The number of benzene rings is 4. The fourth-order valence-electron chi connectivity index (χ4n) is 7.79. The first kappa shape index (κ1) is 54.2. The van der Waals surface area contributed by atoms with Crippen molar-refractivity contribution in [2.24, 2.45) is 4.99 Å². The first-order valence-electron chi connectivity index (χ1n) is 21.8. The zero-order chi connectivity index (χ0) is 52.8.